The van der Waals surface area contributed by atoms with Crippen molar-refractivity contribution in [3.05, 3.63) is 35.9 Å². The van der Waals surface area contributed by atoms with Crippen LogP contribution in [0.5, 0.6) is 0 Å². The number of rotatable bonds is 5. The Morgan fingerprint density at radius 2 is 1.88 bits per heavy atom. The van der Waals surface area contributed by atoms with Crippen LogP contribution in [-0.2, 0) is 9.59 Å². The zero-order valence-corrected chi connectivity index (χ0v) is 13.6. The number of benzene rings is 1. The molecule has 1 aromatic rings. The molecule has 128 valence electrons. The van der Waals surface area contributed by atoms with E-state index in [1.54, 1.807) is 0 Å². The van der Waals surface area contributed by atoms with E-state index in [1.165, 1.54) is 12.0 Å². The number of hydrogen-bond acceptors (Lipinski definition) is 3. The molecule has 24 heavy (non-hydrogen) atoms. The van der Waals surface area contributed by atoms with Gasteiger partial charge in [-0.1, -0.05) is 43.2 Å². The molecular formula is C18H23N3O3. The van der Waals surface area contributed by atoms with Gasteiger partial charge in [-0.25, -0.2) is 4.79 Å². The number of urea groups is 1. The van der Waals surface area contributed by atoms with Crippen molar-refractivity contribution in [2.75, 3.05) is 0 Å². The van der Waals surface area contributed by atoms with Gasteiger partial charge in [0.25, 0.3) is 5.91 Å². The summed E-state index contributed by atoms with van der Waals surface area (Å²) in [4.78, 5) is 34.9. The third kappa shape index (κ3) is 3.93. The van der Waals surface area contributed by atoms with E-state index in [0.29, 0.717) is 12.3 Å². The molecule has 1 aliphatic heterocycles. The van der Waals surface area contributed by atoms with Gasteiger partial charge >= 0.3 is 6.03 Å². The molecule has 3 N–H and O–H groups in total. The van der Waals surface area contributed by atoms with Crippen molar-refractivity contribution >= 4 is 17.8 Å². The summed E-state index contributed by atoms with van der Waals surface area (Å²) in [6.45, 7) is 0. The summed E-state index contributed by atoms with van der Waals surface area (Å²) in [5.41, 5.74) is 1.27. The van der Waals surface area contributed by atoms with Gasteiger partial charge in [-0.05, 0) is 24.8 Å². The summed E-state index contributed by atoms with van der Waals surface area (Å²) in [6, 6.07) is 9.36. The first-order valence-corrected chi connectivity index (χ1v) is 8.59. The normalized spacial score (nSPS) is 26.6. The lowest BCUT2D eigenvalue weighted by atomic mass is 9.80. The maximum absolute atomic E-state index is 12.3. The molecule has 4 amide bonds. The quantitative estimate of drug-likeness (QED) is 0.720. The van der Waals surface area contributed by atoms with Crippen LogP contribution in [-0.4, -0.2) is 29.9 Å². The number of amides is 4. The fourth-order valence-corrected chi connectivity index (χ4v) is 3.62. The van der Waals surface area contributed by atoms with E-state index < -0.39 is 12.1 Å². The number of carbonyl (C=O) groups is 3. The molecule has 6 heteroatoms. The average Bonchev–Trinajstić information content (AvgIpc) is 2.92. The number of nitrogens with one attached hydrogen (secondary N) is 3. The second-order valence-corrected chi connectivity index (χ2v) is 6.53. The molecule has 1 saturated carbocycles. The third-order valence-corrected chi connectivity index (χ3v) is 4.86. The van der Waals surface area contributed by atoms with Crippen LogP contribution >= 0.6 is 0 Å². The minimum absolute atomic E-state index is 0.0585. The van der Waals surface area contributed by atoms with Crippen molar-refractivity contribution in [1.82, 2.24) is 16.0 Å². The average molecular weight is 329 g/mol. The van der Waals surface area contributed by atoms with E-state index in [1.807, 2.05) is 18.2 Å². The first kappa shape index (κ1) is 16.5. The summed E-state index contributed by atoms with van der Waals surface area (Å²) in [5, 5.41) is 7.83. The third-order valence-electron chi connectivity index (χ3n) is 4.86. The molecule has 1 heterocycles. The summed E-state index contributed by atoms with van der Waals surface area (Å²) < 4.78 is 0. The fourth-order valence-electron chi connectivity index (χ4n) is 3.62. The van der Waals surface area contributed by atoms with Crippen molar-refractivity contribution in [2.45, 2.75) is 56.5 Å². The molecule has 6 nitrogen and oxygen atoms in total. The number of hydrogen-bond donors (Lipinski definition) is 3. The Hall–Kier alpha value is -2.37. The van der Waals surface area contributed by atoms with Crippen molar-refractivity contribution in [1.29, 1.82) is 0 Å². The molecule has 2 fully saturated rings. The predicted octanol–water partition coefficient (Wildman–Crippen LogP) is 1.82. The van der Waals surface area contributed by atoms with Crippen molar-refractivity contribution in [3.63, 3.8) is 0 Å². The molecule has 0 radical (unpaired) electrons. The zero-order valence-electron chi connectivity index (χ0n) is 13.6. The van der Waals surface area contributed by atoms with Gasteiger partial charge in [0.15, 0.2) is 0 Å². The Labute approximate surface area is 141 Å². The molecule has 1 aromatic carbocycles. The zero-order chi connectivity index (χ0) is 16.9. The van der Waals surface area contributed by atoms with Crippen LogP contribution in [0.25, 0.3) is 0 Å². The van der Waals surface area contributed by atoms with Gasteiger partial charge in [0.1, 0.15) is 6.04 Å². The van der Waals surface area contributed by atoms with Gasteiger partial charge in [-0.3, -0.25) is 14.9 Å². The van der Waals surface area contributed by atoms with E-state index in [2.05, 4.69) is 28.1 Å². The first-order valence-electron chi connectivity index (χ1n) is 8.59. The summed E-state index contributed by atoms with van der Waals surface area (Å²) in [6.07, 6.45) is 4.92. The molecular weight excluding hydrogens is 306 g/mol. The highest BCUT2D eigenvalue weighted by atomic mass is 16.2. The highest BCUT2D eigenvalue weighted by Crippen LogP contribution is 2.33. The van der Waals surface area contributed by atoms with Crippen LogP contribution in [0, 0.1) is 0 Å². The van der Waals surface area contributed by atoms with Crippen LogP contribution < -0.4 is 16.0 Å². The molecule has 0 bridgehead atoms. The number of carbonyl (C=O) groups excluding carboxylic acids is 3. The Morgan fingerprint density at radius 1 is 1.12 bits per heavy atom. The number of imide groups is 1. The molecule has 3 rings (SSSR count). The first-order chi connectivity index (χ1) is 11.6. The van der Waals surface area contributed by atoms with Crippen molar-refractivity contribution < 1.29 is 14.4 Å². The second-order valence-electron chi connectivity index (χ2n) is 6.53. The van der Waals surface area contributed by atoms with Crippen molar-refractivity contribution in [3.8, 4) is 0 Å². The van der Waals surface area contributed by atoms with E-state index in [4.69, 9.17) is 0 Å². The molecule has 0 unspecified atom stereocenters. The summed E-state index contributed by atoms with van der Waals surface area (Å²) in [5.74, 6) is -0.0669. The van der Waals surface area contributed by atoms with E-state index >= 15 is 0 Å². The SMILES string of the molecule is O=C(CC[C@@H]1NC(=O)NC1=O)N[C@H]1CCCC[C@H]1c1ccccc1. The van der Waals surface area contributed by atoms with Crippen LogP contribution in [0.4, 0.5) is 4.79 Å². The minimum Gasteiger partial charge on any atom is -0.353 e. The van der Waals surface area contributed by atoms with Crippen LogP contribution in [0.2, 0.25) is 0 Å². The van der Waals surface area contributed by atoms with Gasteiger partial charge in [-0.2, -0.15) is 0 Å². The molecule has 1 aliphatic carbocycles. The maximum atomic E-state index is 12.3. The minimum atomic E-state index is -0.598. The predicted molar refractivity (Wildman–Crippen MR) is 89.3 cm³/mol. The largest absolute Gasteiger partial charge is 0.353 e. The van der Waals surface area contributed by atoms with E-state index in [-0.39, 0.29) is 24.3 Å². The van der Waals surface area contributed by atoms with Gasteiger partial charge in [0, 0.05) is 18.4 Å². The van der Waals surface area contributed by atoms with Crippen LogP contribution in [0.15, 0.2) is 30.3 Å². The highest BCUT2D eigenvalue weighted by molar-refractivity contribution is 6.04. The van der Waals surface area contributed by atoms with Crippen LogP contribution in [0.1, 0.15) is 50.0 Å². The Balaban J connectivity index is 1.54. The molecule has 3 atom stereocenters. The molecule has 0 spiro atoms. The second kappa shape index (κ2) is 7.47. The van der Waals surface area contributed by atoms with Gasteiger partial charge < -0.3 is 10.6 Å². The Bertz CT molecular complexity index is 617. The van der Waals surface area contributed by atoms with Crippen molar-refractivity contribution in [2.24, 2.45) is 0 Å². The highest BCUT2D eigenvalue weighted by Gasteiger charge is 2.31. The molecule has 0 aromatic heterocycles. The molecule has 1 saturated heterocycles. The topological polar surface area (TPSA) is 87.3 Å². The smallest absolute Gasteiger partial charge is 0.322 e. The van der Waals surface area contributed by atoms with Gasteiger partial charge in [0.2, 0.25) is 5.91 Å². The molecule has 2 aliphatic rings. The lowest BCUT2D eigenvalue weighted by molar-refractivity contribution is -0.123. The van der Waals surface area contributed by atoms with E-state index in [0.717, 1.165) is 19.3 Å². The standard InChI is InChI=1S/C18H23N3O3/c22-16(11-10-15-17(23)21-18(24)20-15)19-14-9-5-4-8-13(14)12-6-2-1-3-7-12/h1-3,6-7,13-15H,4-5,8-11H2,(H,19,22)(H2,20,21,23,24)/t13-,14-,15-/m0/s1. The lowest BCUT2D eigenvalue weighted by Crippen LogP contribution is -2.41. The van der Waals surface area contributed by atoms with E-state index in [9.17, 15) is 14.4 Å². The Kier molecular flexibility index (Phi) is 5.13. The van der Waals surface area contributed by atoms with Gasteiger partial charge in [0.05, 0.1) is 0 Å². The lowest BCUT2D eigenvalue weighted by Gasteiger charge is -2.32. The maximum Gasteiger partial charge on any atom is 0.322 e. The van der Waals surface area contributed by atoms with Crippen LogP contribution in [0.3, 0.4) is 0 Å². The monoisotopic (exact) mass is 329 g/mol. The summed E-state index contributed by atoms with van der Waals surface area (Å²) >= 11 is 0. The fraction of sp³-hybridized carbons (Fsp3) is 0.500. The Morgan fingerprint density at radius 3 is 2.58 bits per heavy atom. The summed E-state index contributed by atoms with van der Waals surface area (Å²) in [7, 11) is 0. The van der Waals surface area contributed by atoms with Gasteiger partial charge in [-0.15, -0.1) is 0 Å².